The number of piperidine rings is 1. The molecule has 1 saturated heterocycles. The summed E-state index contributed by atoms with van der Waals surface area (Å²) in [5, 5.41) is 0. The maximum Gasteiger partial charge on any atom is 0.257 e. The van der Waals surface area contributed by atoms with E-state index in [1.54, 1.807) is 6.07 Å². The lowest BCUT2D eigenvalue weighted by molar-refractivity contribution is 0.0670. The largest absolute Gasteiger partial charge is 0.467 e. The van der Waals surface area contributed by atoms with Gasteiger partial charge in [0.25, 0.3) is 5.91 Å². The van der Waals surface area contributed by atoms with E-state index in [4.69, 9.17) is 10.2 Å². The Labute approximate surface area is 114 Å². The van der Waals surface area contributed by atoms with Crippen molar-refractivity contribution in [3.05, 3.63) is 23.7 Å². The number of amides is 1. The summed E-state index contributed by atoms with van der Waals surface area (Å²) in [7, 11) is 0. The second-order valence-corrected chi connectivity index (χ2v) is 4.67. The number of hydrogen-bond donors (Lipinski definition) is 1. The average molecular weight is 273 g/mol. The van der Waals surface area contributed by atoms with E-state index in [0.717, 1.165) is 25.9 Å². The van der Waals surface area contributed by atoms with Crippen molar-refractivity contribution in [2.75, 3.05) is 13.1 Å². The molecule has 0 spiro atoms. The predicted molar refractivity (Wildman–Crippen MR) is 72.8 cm³/mol. The number of likely N-dealkylation sites (tertiary alicyclic amines) is 1. The lowest BCUT2D eigenvalue weighted by Crippen LogP contribution is -2.39. The molecule has 18 heavy (non-hydrogen) atoms. The molecule has 2 N–H and O–H groups in total. The SMILES string of the molecule is CCC1CCCN(C(=O)c2coc(CN)c2)C1.Cl. The molecule has 1 fully saturated rings. The number of carbonyl (C=O) groups is 1. The number of furan rings is 1. The first kappa shape index (κ1) is 15.1. The Morgan fingerprint density at radius 3 is 3.00 bits per heavy atom. The monoisotopic (exact) mass is 272 g/mol. The van der Waals surface area contributed by atoms with Gasteiger partial charge in [-0.25, -0.2) is 0 Å². The van der Waals surface area contributed by atoms with Crippen LogP contribution in [0, 0.1) is 5.92 Å². The van der Waals surface area contributed by atoms with E-state index in [0.29, 0.717) is 23.8 Å². The Morgan fingerprint density at radius 1 is 1.61 bits per heavy atom. The fourth-order valence-electron chi connectivity index (χ4n) is 2.37. The van der Waals surface area contributed by atoms with E-state index in [9.17, 15) is 4.79 Å². The molecule has 1 amide bonds. The molecule has 1 atom stereocenters. The molecule has 102 valence electrons. The van der Waals surface area contributed by atoms with Crippen LogP contribution in [0.2, 0.25) is 0 Å². The summed E-state index contributed by atoms with van der Waals surface area (Å²) in [4.78, 5) is 14.1. The molecular weight excluding hydrogens is 252 g/mol. The topological polar surface area (TPSA) is 59.5 Å². The Kier molecular flexibility index (Phi) is 5.69. The van der Waals surface area contributed by atoms with Gasteiger partial charge in [-0.3, -0.25) is 4.79 Å². The van der Waals surface area contributed by atoms with Crippen LogP contribution in [-0.2, 0) is 6.54 Å². The minimum absolute atomic E-state index is 0. The summed E-state index contributed by atoms with van der Waals surface area (Å²) in [5.41, 5.74) is 6.09. The third-order valence-corrected chi connectivity index (χ3v) is 3.49. The predicted octanol–water partition coefficient (Wildman–Crippen LogP) is 2.42. The maximum atomic E-state index is 12.2. The zero-order chi connectivity index (χ0) is 12.3. The number of rotatable bonds is 3. The van der Waals surface area contributed by atoms with Crippen LogP contribution in [0.5, 0.6) is 0 Å². The normalized spacial score (nSPS) is 19.4. The lowest BCUT2D eigenvalue weighted by Gasteiger charge is -2.32. The van der Waals surface area contributed by atoms with Gasteiger partial charge in [0.2, 0.25) is 0 Å². The molecule has 0 aromatic carbocycles. The molecule has 0 radical (unpaired) electrons. The summed E-state index contributed by atoms with van der Waals surface area (Å²) in [5.74, 6) is 1.39. The minimum Gasteiger partial charge on any atom is -0.467 e. The zero-order valence-electron chi connectivity index (χ0n) is 10.7. The highest BCUT2D eigenvalue weighted by molar-refractivity contribution is 5.94. The van der Waals surface area contributed by atoms with Crippen LogP contribution in [0.25, 0.3) is 0 Å². The van der Waals surface area contributed by atoms with Crippen LogP contribution < -0.4 is 5.73 Å². The summed E-state index contributed by atoms with van der Waals surface area (Å²) < 4.78 is 5.21. The first-order valence-electron chi connectivity index (χ1n) is 6.31. The number of nitrogens with zero attached hydrogens (tertiary/aromatic N) is 1. The molecule has 5 heteroatoms. The molecule has 0 bridgehead atoms. The van der Waals surface area contributed by atoms with Gasteiger partial charge in [-0.2, -0.15) is 0 Å². The maximum absolute atomic E-state index is 12.2. The molecule has 0 saturated carbocycles. The van der Waals surface area contributed by atoms with Crippen molar-refractivity contribution < 1.29 is 9.21 Å². The second kappa shape index (κ2) is 6.81. The van der Waals surface area contributed by atoms with E-state index < -0.39 is 0 Å². The van der Waals surface area contributed by atoms with Crippen molar-refractivity contribution >= 4 is 18.3 Å². The lowest BCUT2D eigenvalue weighted by atomic mass is 9.95. The van der Waals surface area contributed by atoms with E-state index in [1.807, 2.05) is 4.90 Å². The highest BCUT2D eigenvalue weighted by Crippen LogP contribution is 2.21. The molecule has 1 unspecified atom stereocenters. The fourth-order valence-corrected chi connectivity index (χ4v) is 2.37. The zero-order valence-corrected chi connectivity index (χ0v) is 11.5. The first-order chi connectivity index (χ1) is 8.24. The van der Waals surface area contributed by atoms with E-state index in [1.165, 1.54) is 12.7 Å². The van der Waals surface area contributed by atoms with Crippen molar-refractivity contribution in [2.24, 2.45) is 11.7 Å². The third kappa shape index (κ3) is 3.27. The Balaban J connectivity index is 0.00000162. The molecule has 2 heterocycles. The highest BCUT2D eigenvalue weighted by atomic mass is 35.5. The van der Waals surface area contributed by atoms with E-state index in [2.05, 4.69) is 6.92 Å². The number of halogens is 1. The van der Waals surface area contributed by atoms with Crippen LogP contribution in [0.3, 0.4) is 0 Å². The molecule has 4 nitrogen and oxygen atoms in total. The van der Waals surface area contributed by atoms with Crippen LogP contribution in [-0.4, -0.2) is 23.9 Å². The Morgan fingerprint density at radius 2 is 2.39 bits per heavy atom. The summed E-state index contributed by atoms with van der Waals surface area (Å²) in [6, 6.07) is 1.75. The molecule has 0 aliphatic carbocycles. The molecule has 1 aliphatic rings. The third-order valence-electron chi connectivity index (χ3n) is 3.49. The standard InChI is InChI=1S/C13H20N2O2.ClH/c1-2-10-4-3-5-15(8-10)13(16)11-6-12(7-14)17-9-11;/h6,9-10H,2-5,7-8,14H2,1H3;1H. The van der Waals surface area contributed by atoms with Crippen molar-refractivity contribution in [1.29, 1.82) is 0 Å². The second-order valence-electron chi connectivity index (χ2n) is 4.67. The van der Waals surface area contributed by atoms with Crippen molar-refractivity contribution in [3.8, 4) is 0 Å². The van der Waals surface area contributed by atoms with Crippen molar-refractivity contribution in [3.63, 3.8) is 0 Å². The van der Waals surface area contributed by atoms with Crippen LogP contribution in [0.15, 0.2) is 16.7 Å². The van der Waals surface area contributed by atoms with Gasteiger partial charge < -0.3 is 15.1 Å². The summed E-state index contributed by atoms with van der Waals surface area (Å²) in [6.45, 7) is 4.25. The highest BCUT2D eigenvalue weighted by Gasteiger charge is 2.24. The summed E-state index contributed by atoms with van der Waals surface area (Å²) >= 11 is 0. The average Bonchev–Trinajstić information content (AvgIpc) is 2.86. The van der Waals surface area contributed by atoms with Gasteiger partial charge in [0, 0.05) is 13.1 Å². The van der Waals surface area contributed by atoms with Crippen LogP contribution in [0.1, 0.15) is 42.3 Å². The van der Waals surface area contributed by atoms with E-state index >= 15 is 0 Å². The van der Waals surface area contributed by atoms with Crippen LogP contribution in [0.4, 0.5) is 0 Å². The van der Waals surface area contributed by atoms with Gasteiger partial charge in [0.05, 0.1) is 12.1 Å². The fraction of sp³-hybridized carbons (Fsp3) is 0.615. The number of carbonyl (C=O) groups excluding carboxylic acids is 1. The van der Waals surface area contributed by atoms with Crippen molar-refractivity contribution in [1.82, 2.24) is 4.90 Å². The molecule has 1 aromatic heterocycles. The van der Waals surface area contributed by atoms with E-state index in [-0.39, 0.29) is 18.3 Å². The van der Waals surface area contributed by atoms with Gasteiger partial charge in [0.1, 0.15) is 12.0 Å². The van der Waals surface area contributed by atoms with Gasteiger partial charge in [-0.15, -0.1) is 12.4 Å². The smallest absolute Gasteiger partial charge is 0.257 e. The van der Waals surface area contributed by atoms with Gasteiger partial charge >= 0.3 is 0 Å². The molecule has 1 aromatic rings. The van der Waals surface area contributed by atoms with Crippen LogP contribution >= 0.6 is 12.4 Å². The summed E-state index contributed by atoms with van der Waals surface area (Å²) in [6.07, 6.45) is 4.99. The van der Waals surface area contributed by atoms with Gasteiger partial charge in [0.15, 0.2) is 0 Å². The first-order valence-corrected chi connectivity index (χ1v) is 6.31. The Bertz CT molecular complexity index is 392. The molecule has 2 rings (SSSR count). The quantitative estimate of drug-likeness (QED) is 0.919. The number of hydrogen-bond acceptors (Lipinski definition) is 3. The van der Waals surface area contributed by atoms with Gasteiger partial charge in [-0.1, -0.05) is 13.3 Å². The van der Waals surface area contributed by atoms with Gasteiger partial charge in [-0.05, 0) is 24.8 Å². The minimum atomic E-state index is 0. The number of nitrogens with two attached hydrogens (primary N) is 1. The van der Waals surface area contributed by atoms with Crippen molar-refractivity contribution in [2.45, 2.75) is 32.7 Å². The molecular formula is C13H21ClN2O2. The molecule has 1 aliphatic heterocycles. The Hall–Kier alpha value is -1.00.